The number of aromatic nitrogens is 4. The minimum atomic E-state index is -1.91. The normalized spacial score (nSPS) is 24.1. The summed E-state index contributed by atoms with van der Waals surface area (Å²) in [5.41, 5.74) is 1.10. The number of amides is 1. The first-order valence-electron chi connectivity index (χ1n) is 18.1. The second-order valence-corrected chi connectivity index (χ2v) is 14.0. The van der Waals surface area contributed by atoms with Gasteiger partial charge in [-0.2, -0.15) is 0 Å². The minimum absolute atomic E-state index is 0.0134. The van der Waals surface area contributed by atoms with Crippen LogP contribution in [0.15, 0.2) is 59.3 Å². The Morgan fingerprint density at radius 3 is 2.77 bits per heavy atom. The molecule has 0 saturated carbocycles. The Balaban J connectivity index is 1.23. The first-order valence-corrected chi connectivity index (χ1v) is 18.1. The number of pyridine rings is 2. The fourth-order valence-corrected chi connectivity index (χ4v) is 7.84. The van der Waals surface area contributed by atoms with Crippen LogP contribution in [0.3, 0.4) is 0 Å². The van der Waals surface area contributed by atoms with Crippen molar-refractivity contribution in [3.05, 3.63) is 66.2 Å². The van der Waals surface area contributed by atoms with Crippen LogP contribution < -0.4 is 14.4 Å². The van der Waals surface area contributed by atoms with E-state index in [9.17, 15) is 14.7 Å². The summed E-state index contributed by atoms with van der Waals surface area (Å²) in [6.07, 6.45) is 4.68. The fraction of sp³-hybridized carbons (Fsp3) is 0.436. The van der Waals surface area contributed by atoms with Crippen molar-refractivity contribution in [3.63, 3.8) is 0 Å². The number of carbonyl (C=O) groups excluding carboxylic acids is 1. The number of para-hydroxylation sites is 1. The molecule has 276 valence electrons. The van der Waals surface area contributed by atoms with E-state index in [1.54, 1.807) is 41.2 Å². The van der Waals surface area contributed by atoms with Gasteiger partial charge < -0.3 is 33.5 Å². The van der Waals surface area contributed by atoms with E-state index in [0.717, 1.165) is 5.39 Å². The lowest BCUT2D eigenvalue weighted by molar-refractivity contribution is -0.138. The Hall–Kier alpha value is -5.37. The van der Waals surface area contributed by atoms with Gasteiger partial charge in [0.2, 0.25) is 17.7 Å². The summed E-state index contributed by atoms with van der Waals surface area (Å²) in [6.45, 7) is 3.18. The lowest BCUT2D eigenvalue weighted by atomic mass is 9.78. The lowest BCUT2D eigenvalue weighted by Gasteiger charge is -2.42. The molecule has 0 unspecified atom stereocenters. The highest BCUT2D eigenvalue weighted by Gasteiger charge is 2.47. The summed E-state index contributed by atoms with van der Waals surface area (Å²) in [7, 11) is 1.52. The van der Waals surface area contributed by atoms with Crippen molar-refractivity contribution >= 4 is 39.8 Å². The van der Waals surface area contributed by atoms with Crippen LogP contribution in [0.5, 0.6) is 11.8 Å². The summed E-state index contributed by atoms with van der Waals surface area (Å²) < 4.78 is 42.0. The van der Waals surface area contributed by atoms with Crippen LogP contribution in [-0.4, -0.2) is 93.9 Å². The summed E-state index contributed by atoms with van der Waals surface area (Å²) in [5, 5.41) is 11.3. The third-order valence-electron chi connectivity index (χ3n) is 10.7. The van der Waals surface area contributed by atoms with Gasteiger partial charge in [-0.3, -0.25) is 4.79 Å². The van der Waals surface area contributed by atoms with Gasteiger partial charge in [0.1, 0.15) is 34.7 Å². The van der Waals surface area contributed by atoms with E-state index in [-0.39, 0.29) is 49.8 Å². The SMILES string of the molecule is COc1ncccc1-c1cnc2c(c1)[C@@]1(F)CCN(C[C@@H]1C)C(=O)CCCCOCCc1nc(c3oc4ccccc4c3n1)N1C[C@H](C[C@H]1C(=O)O)O2. The number of carbonyl (C=O) groups is 2. The smallest absolute Gasteiger partial charge is 0.326 e. The van der Waals surface area contributed by atoms with Crippen LogP contribution in [0.4, 0.5) is 10.2 Å². The Morgan fingerprint density at radius 1 is 1.08 bits per heavy atom. The summed E-state index contributed by atoms with van der Waals surface area (Å²) in [4.78, 5) is 48.2. The van der Waals surface area contributed by atoms with Gasteiger partial charge in [0.15, 0.2) is 11.4 Å². The number of methoxy groups -OCH3 is 1. The van der Waals surface area contributed by atoms with E-state index in [1.807, 2.05) is 30.3 Å². The van der Waals surface area contributed by atoms with Gasteiger partial charge in [-0.1, -0.05) is 19.1 Å². The number of nitrogens with zero attached hydrogens (tertiary/aromatic N) is 6. The van der Waals surface area contributed by atoms with E-state index in [2.05, 4.69) is 9.97 Å². The average Bonchev–Trinajstić information content (AvgIpc) is 3.77. The number of ether oxygens (including phenoxy) is 3. The third-order valence-corrected chi connectivity index (χ3v) is 10.7. The Labute approximate surface area is 305 Å². The van der Waals surface area contributed by atoms with Crippen LogP contribution in [0.2, 0.25) is 0 Å². The predicted molar refractivity (Wildman–Crippen MR) is 193 cm³/mol. The highest BCUT2D eigenvalue weighted by atomic mass is 19.1. The van der Waals surface area contributed by atoms with Crippen molar-refractivity contribution in [1.29, 1.82) is 0 Å². The van der Waals surface area contributed by atoms with Crippen molar-refractivity contribution in [3.8, 4) is 22.9 Å². The van der Waals surface area contributed by atoms with Gasteiger partial charge in [-0.25, -0.2) is 29.1 Å². The molecule has 4 aliphatic rings. The highest BCUT2D eigenvalue weighted by Crippen LogP contribution is 2.47. The summed E-state index contributed by atoms with van der Waals surface area (Å²) in [5.74, 6) is -0.404. The van der Waals surface area contributed by atoms with Crippen LogP contribution in [-0.2, 0) is 26.4 Å². The molecule has 1 N–H and O–H groups in total. The number of alkyl halides is 1. The van der Waals surface area contributed by atoms with Gasteiger partial charge in [0.25, 0.3) is 0 Å². The number of carboxylic acid groups (broad SMARTS) is 1. The number of anilines is 1. The number of carboxylic acids is 1. The molecule has 13 nitrogen and oxygen atoms in total. The molecule has 4 atom stereocenters. The van der Waals surface area contributed by atoms with Crippen molar-refractivity contribution in [2.45, 2.75) is 63.3 Å². The number of hydrogen-bond donors (Lipinski definition) is 1. The maximum absolute atomic E-state index is 17.7. The monoisotopic (exact) mass is 724 g/mol. The first kappa shape index (κ1) is 34.7. The van der Waals surface area contributed by atoms with E-state index in [1.165, 1.54) is 7.11 Å². The van der Waals surface area contributed by atoms with E-state index in [4.69, 9.17) is 28.6 Å². The molecule has 0 spiro atoms. The third kappa shape index (κ3) is 6.49. The maximum atomic E-state index is 17.7. The van der Waals surface area contributed by atoms with E-state index >= 15 is 4.39 Å². The molecule has 5 aromatic rings. The van der Waals surface area contributed by atoms with Gasteiger partial charge in [0, 0.05) is 80.2 Å². The molecule has 1 aromatic carbocycles. The molecule has 14 heteroatoms. The second-order valence-electron chi connectivity index (χ2n) is 14.0. The van der Waals surface area contributed by atoms with Crippen LogP contribution in [0.1, 0.15) is 50.4 Å². The molecule has 6 bridgehead atoms. The van der Waals surface area contributed by atoms with E-state index < -0.39 is 29.7 Å². The second kappa shape index (κ2) is 14.2. The molecule has 9 rings (SSSR count). The number of hydrogen-bond acceptors (Lipinski definition) is 11. The van der Waals surface area contributed by atoms with Gasteiger partial charge in [-0.05, 0) is 43.2 Å². The number of furan rings is 1. The minimum Gasteiger partial charge on any atom is -0.481 e. The first-order chi connectivity index (χ1) is 25.7. The molecule has 8 heterocycles. The van der Waals surface area contributed by atoms with Gasteiger partial charge >= 0.3 is 5.97 Å². The fourth-order valence-electron chi connectivity index (χ4n) is 7.84. The number of halogens is 1. The molecule has 53 heavy (non-hydrogen) atoms. The van der Waals surface area contributed by atoms with E-state index in [0.29, 0.717) is 84.2 Å². The largest absolute Gasteiger partial charge is 0.481 e. The molecular weight excluding hydrogens is 683 g/mol. The molecule has 2 saturated heterocycles. The molecular formula is C39H41FN6O7. The zero-order chi connectivity index (χ0) is 36.7. The Kier molecular flexibility index (Phi) is 9.31. The molecule has 0 aliphatic carbocycles. The Bertz CT molecular complexity index is 2180. The van der Waals surface area contributed by atoms with Crippen LogP contribution >= 0.6 is 0 Å². The summed E-state index contributed by atoms with van der Waals surface area (Å²) in [6, 6.07) is 11.8. The van der Waals surface area contributed by atoms with Gasteiger partial charge in [-0.15, -0.1) is 0 Å². The van der Waals surface area contributed by atoms with Crippen molar-refractivity contribution in [1.82, 2.24) is 24.8 Å². The van der Waals surface area contributed by atoms with Crippen molar-refractivity contribution in [2.24, 2.45) is 5.92 Å². The van der Waals surface area contributed by atoms with Crippen molar-refractivity contribution in [2.75, 3.05) is 44.9 Å². The number of fused-ring (bicyclic) bond motifs is 12. The molecule has 4 aromatic heterocycles. The number of benzene rings is 1. The number of rotatable bonds is 3. The maximum Gasteiger partial charge on any atom is 0.326 e. The molecule has 4 aliphatic heterocycles. The Morgan fingerprint density at radius 2 is 1.94 bits per heavy atom. The molecule has 0 radical (unpaired) electrons. The molecule has 2 fully saturated rings. The van der Waals surface area contributed by atoms with Crippen molar-refractivity contribution < 1.29 is 37.7 Å². The average molecular weight is 725 g/mol. The predicted octanol–water partition coefficient (Wildman–Crippen LogP) is 5.73. The number of piperidine rings is 1. The standard InChI is InChI=1S/C39H41FN6O7/c1-23-21-45-15-13-39(23,40)28-18-24(26-9-7-14-41-36(26)50-2)20-42-37(28)52-25-19-29(38(48)49)46(22-25)35-34-33(27-8-3-4-10-30(27)53-34)43-31(44-35)12-17-51-16-6-5-11-32(45)47/h3-4,7-10,14,18,20,23,25,29H,5-6,11-13,15-17,19,21-22H2,1-2H3,(H,48,49)/t23-,25-,29-,39+/m0/s1. The lowest BCUT2D eigenvalue weighted by Crippen LogP contribution is -2.49. The molecule has 1 amide bonds. The quantitative estimate of drug-likeness (QED) is 0.242. The van der Waals surface area contributed by atoms with Crippen LogP contribution in [0, 0.1) is 5.92 Å². The van der Waals surface area contributed by atoms with Crippen LogP contribution in [0.25, 0.3) is 33.2 Å². The zero-order valence-electron chi connectivity index (χ0n) is 29.7. The number of aliphatic carboxylic acids is 1. The topological polar surface area (TPSA) is 153 Å². The highest BCUT2D eigenvalue weighted by molar-refractivity contribution is 6.06. The zero-order valence-corrected chi connectivity index (χ0v) is 29.7. The summed E-state index contributed by atoms with van der Waals surface area (Å²) >= 11 is 0. The van der Waals surface area contributed by atoms with Gasteiger partial charge in [0.05, 0.1) is 25.8 Å².